The summed E-state index contributed by atoms with van der Waals surface area (Å²) >= 11 is 2.22. The zero-order valence-corrected chi connectivity index (χ0v) is 16.5. The molecule has 0 aromatic heterocycles. The van der Waals surface area contributed by atoms with Gasteiger partial charge in [0, 0.05) is 33.4 Å². The molecule has 3 aromatic carbocycles. The summed E-state index contributed by atoms with van der Waals surface area (Å²) in [6.07, 6.45) is 0.192. The molecule has 1 atom stereocenters. The van der Waals surface area contributed by atoms with Crippen LogP contribution in [0, 0.1) is 13.7 Å². The molecular formula is C21H17IN2O3. The molecule has 0 aliphatic carbocycles. The highest BCUT2D eigenvalue weighted by Crippen LogP contribution is 2.27. The van der Waals surface area contributed by atoms with E-state index in [9.17, 15) is 14.9 Å². The third-order valence-electron chi connectivity index (χ3n) is 4.15. The first-order valence-electron chi connectivity index (χ1n) is 8.37. The van der Waals surface area contributed by atoms with E-state index in [1.807, 2.05) is 42.5 Å². The number of nitrogens with zero attached hydrogens (tertiary/aromatic N) is 1. The second-order valence-electron chi connectivity index (χ2n) is 6.05. The maximum absolute atomic E-state index is 12.7. The summed E-state index contributed by atoms with van der Waals surface area (Å²) < 4.78 is 1.10. The molecule has 3 aromatic rings. The Labute approximate surface area is 170 Å². The number of halogens is 1. The summed E-state index contributed by atoms with van der Waals surface area (Å²) in [6.45, 7) is 0. The summed E-state index contributed by atoms with van der Waals surface area (Å²) in [7, 11) is 0. The zero-order chi connectivity index (χ0) is 19.2. The van der Waals surface area contributed by atoms with Crippen LogP contribution in [0.1, 0.15) is 28.4 Å². The van der Waals surface area contributed by atoms with Crippen molar-refractivity contribution in [2.24, 2.45) is 0 Å². The van der Waals surface area contributed by atoms with Crippen LogP contribution in [0.4, 0.5) is 11.4 Å². The molecule has 1 unspecified atom stereocenters. The van der Waals surface area contributed by atoms with Crippen LogP contribution in [0.25, 0.3) is 0 Å². The van der Waals surface area contributed by atoms with E-state index in [0.717, 1.165) is 9.26 Å². The van der Waals surface area contributed by atoms with E-state index in [0.29, 0.717) is 11.1 Å². The van der Waals surface area contributed by atoms with Gasteiger partial charge in [0.25, 0.3) is 5.69 Å². The van der Waals surface area contributed by atoms with E-state index in [1.54, 1.807) is 24.3 Å². The van der Waals surface area contributed by atoms with Crippen LogP contribution >= 0.6 is 22.6 Å². The Kier molecular flexibility index (Phi) is 6.18. The quantitative estimate of drug-likeness (QED) is 0.210. The fraction of sp³-hybridized carbons (Fsp3) is 0.0952. The predicted octanol–water partition coefficient (Wildman–Crippen LogP) is 5.63. The minimum Gasteiger partial charge on any atom is -0.378 e. The van der Waals surface area contributed by atoms with Crippen LogP contribution in [-0.2, 0) is 0 Å². The van der Waals surface area contributed by atoms with E-state index < -0.39 is 4.92 Å². The van der Waals surface area contributed by atoms with Gasteiger partial charge in [-0.1, -0.05) is 42.5 Å². The van der Waals surface area contributed by atoms with Gasteiger partial charge in [-0.05, 0) is 52.4 Å². The highest BCUT2D eigenvalue weighted by Gasteiger charge is 2.19. The molecule has 0 heterocycles. The number of anilines is 1. The van der Waals surface area contributed by atoms with Crippen molar-refractivity contribution in [2.75, 3.05) is 5.32 Å². The third kappa shape index (κ3) is 5.13. The van der Waals surface area contributed by atoms with Crippen LogP contribution in [0.15, 0.2) is 78.9 Å². The number of nitro groups is 1. The number of carbonyl (C=O) groups excluding carboxylic acids is 1. The Balaban J connectivity index is 1.90. The van der Waals surface area contributed by atoms with E-state index >= 15 is 0 Å². The summed E-state index contributed by atoms with van der Waals surface area (Å²) in [5.41, 5.74) is 2.19. The number of hydrogen-bond donors (Lipinski definition) is 1. The van der Waals surface area contributed by atoms with Crippen molar-refractivity contribution in [3.05, 3.63) is 104 Å². The van der Waals surface area contributed by atoms with Crippen LogP contribution in [0.2, 0.25) is 0 Å². The molecule has 1 N–H and O–H groups in total. The number of non-ortho nitro benzene ring substituents is 1. The van der Waals surface area contributed by atoms with Gasteiger partial charge in [-0.3, -0.25) is 14.9 Å². The molecule has 0 spiro atoms. The average Bonchev–Trinajstić information content (AvgIpc) is 2.70. The Morgan fingerprint density at radius 2 is 1.70 bits per heavy atom. The van der Waals surface area contributed by atoms with Crippen molar-refractivity contribution >= 4 is 39.7 Å². The van der Waals surface area contributed by atoms with Crippen LogP contribution in [-0.4, -0.2) is 10.7 Å². The van der Waals surface area contributed by atoms with Crippen molar-refractivity contribution in [3.63, 3.8) is 0 Å². The standard InChI is InChI=1S/C21H17IN2O3/c22-17-9-11-18(12-10-17)23-20(14-21(25)15-5-2-1-3-6-15)16-7-4-8-19(13-16)24(26)27/h1-13,20,23H,14H2. The fourth-order valence-corrected chi connectivity index (χ4v) is 3.14. The van der Waals surface area contributed by atoms with Crippen molar-refractivity contribution in [2.45, 2.75) is 12.5 Å². The monoisotopic (exact) mass is 472 g/mol. The Morgan fingerprint density at radius 3 is 2.37 bits per heavy atom. The van der Waals surface area contributed by atoms with Gasteiger partial charge in [-0.25, -0.2) is 0 Å². The minimum atomic E-state index is -0.426. The number of benzene rings is 3. The highest BCUT2D eigenvalue weighted by atomic mass is 127. The Hall–Kier alpha value is -2.74. The predicted molar refractivity (Wildman–Crippen MR) is 114 cm³/mol. The normalized spacial score (nSPS) is 11.6. The van der Waals surface area contributed by atoms with Crippen molar-refractivity contribution in [3.8, 4) is 0 Å². The topological polar surface area (TPSA) is 72.2 Å². The third-order valence-corrected chi connectivity index (χ3v) is 4.87. The first kappa shape index (κ1) is 19.0. The first-order valence-corrected chi connectivity index (χ1v) is 9.45. The first-order chi connectivity index (χ1) is 13.0. The van der Waals surface area contributed by atoms with Crippen molar-refractivity contribution in [1.82, 2.24) is 0 Å². The van der Waals surface area contributed by atoms with Gasteiger partial charge < -0.3 is 5.32 Å². The number of nitro benzene ring substituents is 1. The van der Waals surface area contributed by atoms with Gasteiger partial charge >= 0.3 is 0 Å². The maximum Gasteiger partial charge on any atom is 0.269 e. The highest BCUT2D eigenvalue weighted by molar-refractivity contribution is 14.1. The average molecular weight is 472 g/mol. The van der Waals surface area contributed by atoms with Crippen LogP contribution in [0.5, 0.6) is 0 Å². The lowest BCUT2D eigenvalue weighted by Crippen LogP contribution is -2.16. The fourth-order valence-electron chi connectivity index (χ4n) is 2.78. The molecular weight excluding hydrogens is 455 g/mol. The van der Waals surface area contributed by atoms with Crippen molar-refractivity contribution in [1.29, 1.82) is 0 Å². The molecule has 0 saturated heterocycles. The van der Waals surface area contributed by atoms with Gasteiger partial charge in [0.15, 0.2) is 5.78 Å². The van der Waals surface area contributed by atoms with E-state index in [2.05, 4.69) is 27.9 Å². The molecule has 0 saturated carbocycles. The second-order valence-corrected chi connectivity index (χ2v) is 7.29. The molecule has 3 rings (SSSR count). The van der Waals surface area contributed by atoms with Crippen LogP contribution < -0.4 is 5.32 Å². The van der Waals surface area contributed by atoms with Gasteiger partial charge in [0.1, 0.15) is 0 Å². The molecule has 136 valence electrons. The molecule has 0 fully saturated rings. The molecule has 0 radical (unpaired) electrons. The summed E-state index contributed by atoms with van der Waals surface area (Å²) in [5, 5.41) is 14.5. The number of Topliss-reactive ketones (excluding diaryl/α,β-unsaturated/α-hetero) is 1. The van der Waals surface area contributed by atoms with E-state index in [-0.39, 0.29) is 23.9 Å². The molecule has 5 nitrogen and oxygen atoms in total. The lowest BCUT2D eigenvalue weighted by Gasteiger charge is -2.20. The van der Waals surface area contributed by atoms with Crippen molar-refractivity contribution < 1.29 is 9.72 Å². The van der Waals surface area contributed by atoms with Gasteiger partial charge in [-0.15, -0.1) is 0 Å². The number of ketones is 1. The Bertz CT molecular complexity index is 943. The zero-order valence-electron chi connectivity index (χ0n) is 14.3. The number of rotatable bonds is 7. The summed E-state index contributed by atoms with van der Waals surface area (Å²) in [4.78, 5) is 23.4. The lowest BCUT2D eigenvalue weighted by atomic mass is 9.97. The number of hydrogen-bond acceptors (Lipinski definition) is 4. The molecule has 0 aliphatic rings. The van der Waals surface area contributed by atoms with Gasteiger partial charge in [-0.2, -0.15) is 0 Å². The van der Waals surface area contributed by atoms with E-state index in [4.69, 9.17) is 0 Å². The molecule has 0 aliphatic heterocycles. The van der Waals surface area contributed by atoms with Gasteiger partial charge in [0.05, 0.1) is 11.0 Å². The molecule has 0 amide bonds. The largest absolute Gasteiger partial charge is 0.378 e. The molecule has 27 heavy (non-hydrogen) atoms. The summed E-state index contributed by atoms with van der Waals surface area (Å²) in [5.74, 6) is -0.0230. The van der Waals surface area contributed by atoms with E-state index in [1.165, 1.54) is 12.1 Å². The van der Waals surface area contributed by atoms with Crippen LogP contribution in [0.3, 0.4) is 0 Å². The molecule has 0 bridgehead atoms. The Morgan fingerprint density at radius 1 is 1.00 bits per heavy atom. The minimum absolute atomic E-state index is 0.00840. The summed E-state index contributed by atoms with van der Waals surface area (Å²) in [6, 6.07) is 22.9. The molecule has 6 heteroatoms. The number of nitrogens with one attached hydrogen (secondary N) is 1. The smallest absolute Gasteiger partial charge is 0.269 e. The lowest BCUT2D eigenvalue weighted by molar-refractivity contribution is -0.384. The number of carbonyl (C=O) groups is 1. The van der Waals surface area contributed by atoms with Gasteiger partial charge in [0.2, 0.25) is 0 Å². The maximum atomic E-state index is 12.7. The second kappa shape index (κ2) is 8.77. The SMILES string of the molecule is O=C(CC(Nc1ccc(I)cc1)c1cccc([N+](=O)[O-])c1)c1ccccc1.